The van der Waals surface area contributed by atoms with E-state index in [4.69, 9.17) is 9.68 Å². The number of sulfonamides is 1. The number of furan rings is 1. The monoisotopic (exact) mass is 347 g/mol. The van der Waals surface area contributed by atoms with Crippen LogP contribution in [-0.2, 0) is 10.0 Å². The van der Waals surface area contributed by atoms with Crippen LogP contribution in [0.15, 0.2) is 45.9 Å². The Balaban J connectivity index is 2.15. The van der Waals surface area contributed by atoms with Gasteiger partial charge >= 0.3 is 0 Å². The molecule has 1 heterocycles. The number of nitriles is 1. The van der Waals surface area contributed by atoms with E-state index >= 15 is 0 Å². The maximum atomic E-state index is 12.1. The molecule has 0 aliphatic heterocycles. The number of anilines is 1. The van der Waals surface area contributed by atoms with E-state index in [-0.39, 0.29) is 10.9 Å². The molecular weight excluding hydrogens is 330 g/mol. The van der Waals surface area contributed by atoms with Gasteiger partial charge in [0.15, 0.2) is 5.76 Å². The van der Waals surface area contributed by atoms with Gasteiger partial charge in [0.1, 0.15) is 0 Å². The van der Waals surface area contributed by atoms with Gasteiger partial charge in [0.25, 0.3) is 15.9 Å². The maximum absolute atomic E-state index is 12.1. The van der Waals surface area contributed by atoms with Gasteiger partial charge in [0.2, 0.25) is 5.09 Å². The van der Waals surface area contributed by atoms with E-state index in [1.165, 1.54) is 12.1 Å². The highest BCUT2D eigenvalue weighted by atomic mass is 32.2. The zero-order chi connectivity index (χ0) is 18.0. The Morgan fingerprint density at radius 3 is 2.29 bits per heavy atom. The molecule has 0 unspecified atom stereocenters. The number of hydrogen-bond acceptors (Lipinski definition) is 5. The van der Waals surface area contributed by atoms with Crippen molar-refractivity contribution in [2.24, 2.45) is 0 Å². The van der Waals surface area contributed by atoms with Crippen LogP contribution in [0.5, 0.6) is 0 Å². The lowest BCUT2D eigenvalue weighted by molar-refractivity contribution is 0.0991. The molecular formula is C16H17N3O4S. The number of hydrogen-bond donors (Lipinski definition) is 2. The average molecular weight is 347 g/mol. The van der Waals surface area contributed by atoms with Gasteiger partial charge < -0.3 is 9.73 Å². The average Bonchev–Trinajstić information content (AvgIpc) is 2.96. The lowest BCUT2D eigenvalue weighted by atomic mass is 10.1. The molecule has 24 heavy (non-hydrogen) atoms. The van der Waals surface area contributed by atoms with Crippen LogP contribution < -0.4 is 10.0 Å². The van der Waals surface area contributed by atoms with Crippen molar-refractivity contribution < 1.29 is 17.6 Å². The third kappa shape index (κ3) is 4.44. The Kier molecular flexibility index (Phi) is 4.78. The van der Waals surface area contributed by atoms with Gasteiger partial charge in [-0.1, -0.05) is 0 Å². The number of carbonyl (C=O) groups excluding carboxylic acids is 1. The third-order valence-corrected chi connectivity index (χ3v) is 4.41. The minimum atomic E-state index is -3.85. The standard InChI is InChI=1S/C16H17N3O4S/c1-16(2,3)19-24(21,22)14-9-8-13(23-14)15(20)18-12-6-4-11(10-17)5-7-12/h4-9,19H,1-3H3,(H,18,20). The molecule has 0 bridgehead atoms. The summed E-state index contributed by atoms with van der Waals surface area (Å²) in [5, 5.41) is 11.0. The first-order chi connectivity index (χ1) is 11.1. The molecule has 0 saturated carbocycles. The van der Waals surface area contributed by atoms with E-state index in [0.29, 0.717) is 11.3 Å². The van der Waals surface area contributed by atoms with Crippen molar-refractivity contribution >= 4 is 21.6 Å². The number of carbonyl (C=O) groups is 1. The molecule has 0 aliphatic carbocycles. The Morgan fingerprint density at radius 2 is 1.75 bits per heavy atom. The van der Waals surface area contributed by atoms with Gasteiger partial charge in [0, 0.05) is 11.2 Å². The van der Waals surface area contributed by atoms with E-state index in [0.717, 1.165) is 0 Å². The summed E-state index contributed by atoms with van der Waals surface area (Å²) in [6, 6.07) is 10.7. The topological polar surface area (TPSA) is 112 Å². The van der Waals surface area contributed by atoms with Gasteiger partial charge in [0.05, 0.1) is 11.6 Å². The molecule has 0 fully saturated rings. The molecule has 2 N–H and O–H groups in total. The number of nitrogens with zero attached hydrogens (tertiary/aromatic N) is 1. The van der Waals surface area contributed by atoms with Crippen LogP contribution in [0.3, 0.4) is 0 Å². The number of benzene rings is 1. The Bertz CT molecular complexity index is 885. The lowest BCUT2D eigenvalue weighted by Gasteiger charge is -2.18. The molecule has 0 saturated heterocycles. The highest BCUT2D eigenvalue weighted by molar-refractivity contribution is 7.89. The maximum Gasteiger partial charge on any atom is 0.291 e. The second-order valence-corrected chi connectivity index (χ2v) is 7.73. The van der Waals surface area contributed by atoms with Crippen LogP contribution in [0.1, 0.15) is 36.9 Å². The summed E-state index contributed by atoms with van der Waals surface area (Å²) in [6.07, 6.45) is 0. The largest absolute Gasteiger partial charge is 0.438 e. The van der Waals surface area contributed by atoms with E-state index in [2.05, 4.69) is 10.0 Å². The third-order valence-electron chi connectivity index (χ3n) is 2.78. The zero-order valence-electron chi connectivity index (χ0n) is 13.5. The first kappa shape index (κ1) is 17.7. The minimum Gasteiger partial charge on any atom is -0.438 e. The second-order valence-electron chi connectivity index (χ2n) is 6.12. The first-order valence-corrected chi connectivity index (χ1v) is 8.54. The van der Waals surface area contributed by atoms with Gasteiger partial charge in [-0.25, -0.2) is 13.1 Å². The molecule has 2 aromatic rings. The fraction of sp³-hybridized carbons (Fsp3) is 0.250. The molecule has 0 spiro atoms. The number of amides is 1. The highest BCUT2D eigenvalue weighted by Crippen LogP contribution is 2.18. The summed E-state index contributed by atoms with van der Waals surface area (Å²) >= 11 is 0. The zero-order valence-corrected chi connectivity index (χ0v) is 14.3. The van der Waals surface area contributed by atoms with Crippen molar-refractivity contribution in [3.63, 3.8) is 0 Å². The van der Waals surface area contributed by atoms with Gasteiger partial charge in [-0.15, -0.1) is 0 Å². The molecule has 1 amide bonds. The molecule has 2 rings (SSSR count). The lowest BCUT2D eigenvalue weighted by Crippen LogP contribution is -2.40. The Labute approximate surface area is 140 Å². The first-order valence-electron chi connectivity index (χ1n) is 7.06. The van der Waals surface area contributed by atoms with Crippen molar-refractivity contribution in [2.75, 3.05) is 5.32 Å². The van der Waals surface area contributed by atoms with Crippen LogP contribution in [0.2, 0.25) is 0 Å². The van der Waals surface area contributed by atoms with Gasteiger partial charge in [-0.05, 0) is 57.2 Å². The predicted molar refractivity (Wildman–Crippen MR) is 87.9 cm³/mol. The minimum absolute atomic E-state index is 0.131. The summed E-state index contributed by atoms with van der Waals surface area (Å²) in [5.74, 6) is -0.717. The molecule has 1 aromatic heterocycles. The molecule has 0 atom stereocenters. The van der Waals surface area contributed by atoms with E-state index < -0.39 is 21.5 Å². The molecule has 1 aromatic carbocycles. The summed E-state index contributed by atoms with van der Waals surface area (Å²) in [4.78, 5) is 12.1. The van der Waals surface area contributed by atoms with Gasteiger partial charge in [-0.3, -0.25) is 4.79 Å². The fourth-order valence-corrected chi connectivity index (χ4v) is 3.21. The molecule has 7 nitrogen and oxygen atoms in total. The molecule has 0 radical (unpaired) electrons. The Morgan fingerprint density at radius 1 is 1.12 bits per heavy atom. The van der Waals surface area contributed by atoms with E-state index in [1.54, 1.807) is 45.0 Å². The smallest absolute Gasteiger partial charge is 0.291 e. The number of nitrogens with one attached hydrogen (secondary N) is 2. The van der Waals surface area contributed by atoms with Crippen molar-refractivity contribution in [3.8, 4) is 6.07 Å². The summed E-state index contributed by atoms with van der Waals surface area (Å²) in [5.41, 5.74) is 0.261. The highest BCUT2D eigenvalue weighted by Gasteiger charge is 2.26. The Hall–Kier alpha value is -2.63. The van der Waals surface area contributed by atoms with Crippen molar-refractivity contribution in [2.45, 2.75) is 31.4 Å². The molecule has 126 valence electrons. The fourth-order valence-electron chi connectivity index (χ4n) is 1.86. The van der Waals surface area contributed by atoms with Crippen LogP contribution in [-0.4, -0.2) is 19.9 Å². The van der Waals surface area contributed by atoms with Crippen molar-refractivity contribution in [1.29, 1.82) is 5.26 Å². The van der Waals surface area contributed by atoms with Crippen molar-refractivity contribution in [1.82, 2.24) is 4.72 Å². The van der Waals surface area contributed by atoms with Crippen LogP contribution in [0.4, 0.5) is 5.69 Å². The van der Waals surface area contributed by atoms with Crippen LogP contribution in [0.25, 0.3) is 0 Å². The molecule has 0 aliphatic rings. The summed E-state index contributed by atoms with van der Waals surface area (Å²) < 4.78 is 31.9. The normalized spacial score (nSPS) is 11.8. The van der Waals surface area contributed by atoms with E-state index in [9.17, 15) is 13.2 Å². The van der Waals surface area contributed by atoms with Crippen molar-refractivity contribution in [3.05, 3.63) is 47.7 Å². The second kappa shape index (κ2) is 6.47. The SMILES string of the molecule is CC(C)(C)NS(=O)(=O)c1ccc(C(=O)Nc2ccc(C#N)cc2)o1. The van der Waals surface area contributed by atoms with Crippen LogP contribution in [0, 0.1) is 11.3 Å². The summed E-state index contributed by atoms with van der Waals surface area (Å²) in [7, 11) is -3.85. The molecule has 8 heteroatoms. The van der Waals surface area contributed by atoms with E-state index in [1.807, 2.05) is 6.07 Å². The van der Waals surface area contributed by atoms with Gasteiger partial charge in [-0.2, -0.15) is 5.26 Å². The predicted octanol–water partition coefficient (Wildman–Crippen LogP) is 2.48. The quantitative estimate of drug-likeness (QED) is 0.882. The summed E-state index contributed by atoms with van der Waals surface area (Å²) in [6.45, 7) is 5.10. The number of rotatable bonds is 4. The van der Waals surface area contributed by atoms with Crippen LogP contribution >= 0.6 is 0 Å².